The molecule has 0 aliphatic rings. The molecular weight excluding hydrogens is 667 g/mol. The van der Waals surface area contributed by atoms with E-state index in [4.69, 9.17) is 9.97 Å². The molecule has 0 fully saturated rings. The van der Waals surface area contributed by atoms with E-state index in [1.807, 2.05) is 110 Å². The van der Waals surface area contributed by atoms with Gasteiger partial charge in [-0.25, -0.2) is 15.0 Å². The van der Waals surface area contributed by atoms with E-state index in [2.05, 4.69) is 48.5 Å². The van der Waals surface area contributed by atoms with E-state index in [1.54, 1.807) is 24.8 Å². The van der Waals surface area contributed by atoms with Crippen molar-refractivity contribution in [3.8, 4) is 22.8 Å². The molecular formula is C36H35ClN7Ru. The minimum Gasteiger partial charge on any atom is -0.255 e. The Balaban J connectivity index is 0.000000171. The summed E-state index contributed by atoms with van der Waals surface area (Å²) < 4.78 is 0. The predicted octanol–water partition coefficient (Wildman–Crippen LogP) is 9.43. The zero-order chi connectivity index (χ0) is 32.0. The van der Waals surface area contributed by atoms with Crippen LogP contribution in [0.5, 0.6) is 0 Å². The van der Waals surface area contributed by atoms with Crippen molar-refractivity contribution >= 4 is 42.5 Å². The van der Waals surface area contributed by atoms with Gasteiger partial charge in [0.25, 0.3) is 0 Å². The molecule has 7 nitrogen and oxygen atoms in total. The van der Waals surface area contributed by atoms with Gasteiger partial charge in [0.15, 0.2) is 0 Å². The minimum atomic E-state index is 0.860. The van der Waals surface area contributed by atoms with E-state index in [-0.39, 0.29) is 0 Å². The largest absolute Gasteiger partial charge is 0.255 e. The molecule has 0 atom stereocenters. The van der Waals surface area contributed by atoms with Crippen molar-refractivity contribution in [2.24, 2.45) is 0 Å². The van der Waals surface area contributed by atoms with E-state index in [1.165, 1.54) is 19.3 Å². The van der Waals surface area contributed by atoms with Crippen molar-refractivity contribution in [2.45, 2.75) is 47.0 Å². The van der Waals surface area contributed by atoms with Gasteiger partial charge in [-0.1, -0.05) is 51.3 Å². The second-order valence-electron chi connectivity index (χ2n) is 10.1. The monoisotopic (exact) mass is 702 g/mol. The molecule has 229 valence electrons. The molecule has 0 bridgehead atoms. The summed E-state index contributed by atoms with van der Waals surface area (Å²) in [6, 6.07) is 25.4. The third-order valence-electron chi connectivity index (χ3n) is 6.97. The molecule has 0 N–H and O–H groups in total. The molecule has 0 saturated carbocycles. The predicted molar refractivity (Wildman–Crippen MR) is 181 cm³/mol. The van der Waals surface area contributed by atoms with Crippen molar-refractivity contribution in [1.29, 1.82) is 0 Å². The molecule has 7 rings (SSSR count). The summed E-state index contributed by atoms with van der Waals surface area (Å²) in [4.78, 5) is 31.6. The summed E-state index contributed by atoms with van der Waals surface area (Å²) in [6.07, 6.45) is 11.2. The van der Waals surface area contributed by atoms with Gasteiger partial charge in [0.05, 0.1) is 56.2 Å². The quantitative estimate of drug-likeness (QED) is 0.133. The van der Waals surface area contributed by atoms with Crippen LogP contribution in [0.3, 0.4) is 0 Å². The molecule has 6 heterocycles. The van der Waals surface area contributed by atoms with Gasteiger partial charge in [-0.2, -0.15) is 0 Å². The van der Waals surface area contributed by atoms with Gasteiger partial charge in [-0.3, -0.25) is 19.9 Å². The van der Waals surface area contributed by atoms with Gasteiger partial charge in [0.2, 0.25) is 0 Å². The first-order valence-electron chi connectivity index (χ1n) is 14.8. The third kappa shape index (κ3) is 8.47. The smallest absolute Gasteiger partial charge is 0.0894 e. The summed E-state index contributed by atoms with van der Waals surface area (Å²) in [5.74, 6) is 0. The van der Waals surface area contributed by atoms with Crippen LogP contribution in [-0.2, 0) is 17.3 Å². The fourth-order valence-electron chi connectivity index (χ4n) is 4.65. The van der Waals surface area contributed by atoms with Crippen LogP contribution < -0.4 is 0 Å². The van der Waals surface area contributed by atoms with Crippen LogP contribution in [-0.4, -0.2) is 34.9 Å². The first-order valence-corrected chi connectivity index (χ1v) is 17.0. The SMILES string of the molecule is CCCCC.Cc1nc2c3cccnc3c3ncccc3c2nc1C.[Cl][Ru].c1ccc(-c2cccc(-c3ccccn3)n2)nc1. The first-order chi connectivity index (χ1) is 22.1. The number of pyridine rings is 5. The summed E-state index contributed by atoms with van der Waals surface area (Å²) in [7, 11) is 4.57. The van der Waals surface area contributed by atoms with Gasteiger partial charge in [0, 0.05) is 35.6 Å². The molecule has 45 heavy (non-hydrogen) atoms. The number of hydrogen-bond acceptors (Lipinski definition) is 7. The molecule has 9 heteroatoms. The zero-order valence-corrected chi connectivity index (χ0v) is 28.3. The molecule has 7 aromatic rings. The number of halogens is 1. The topological polar surface area (TPSA) is 90.2 Å². The maximum Gasteiger partial charge on any atom is 0.0894 e. The second-order valence-corrected chi connectivity index (χ2v) is 10.1. The van der Waals surface area contributed by atoms with Crippen LogP contribution in [0.4, 0.5) is 0 Å². The van der Waals surface area contributed by atoms with Gasteiger partial charge in [0.1, 0.15) is 0 Å². The van der Waals surface area contributed by atoms with Crippen LogP contribution in [0.15, 0.2) is 104 Å². The second kappa shape index (κ2) is 17.3. The Labute approximate surface area is 278 Å². The van der Waals surface area contributed by atoms with E-state index in [9.17, 15) is 0 Å². The van der Waals surface area contributed by atoms with Crippen molar-refractivity contribution in [3.63, 3.8) is 0 Å². The Kier molecular flexibility index (Phi) is 12.9. The number of fused-ring (bicyclic) bond motifs is 6. The normalized spacial score (nSPS) is 10.3. The Morgan fingerprint density at radius 3 is 1.27 bits per heavy atom. The van der Waals surface area contributed by atoms with Gasteiger partial charge < -0.3 is 0 Å². The Morgan fingerprint density at radius 2 is 0.889 bits per heavy atom. The molecule has 1 aromatic carbocycles. The number of hydrogen-bond donors (Lipinski definition) is 0. The third-order valence-corrected chi connectivity index (χ3v) is 6.97. The fourth-order valence-corrected chi connectivity index (χ4v) is 4.65. The average Bonchev–Trinajstić information content (AvgIpc) is 3.12. The number of nitrogens with zero attached hydrogens (tertiary/aromatic N) is 7. The van der Waals surface area contributed by atoms with E-state index < -0.39 is 0 Å². The Bertz CT molecular complexity index is 1820. The van der Waals surface area contributed by atoms with Crippen LogP contribution in [0, 0.1) is 13.8 Å². The summed E-state index contributed by atoms with van der Waals surface area (Å²) in [5, 5.41) is 2.01. The number of benzene rings is 1. The van der Waals surface area contributed by atoms with E-state index >= 15 is 0 Å². The van der Waals surface area contributed by atoms with Crippen LogP contribution >= 0.6 is 9.69 Å². The Hall–Kier alpha value is -4.26. The van der Waals surface area contributed by atoms with Gasteiger partial charge in [-0.05, 0) is 74.5 Å². The molecule has 0 radical (unpaired) electrons. The van der Waals surface area contributed by atoms with Crippen LogP contribution in [0.25, 0.3) is 55.6 Å². The average molecular weight is 702 g/mol. The summed E-state index contributed by atoms with van der Waals surface area (Å²) >= 11 is 1.82. The fraction of sp³-hybridized carbons (Fsp3) is 0.194. The molecule has 0 aliphatic heterocycles. The molecule has 0 spiro atoms. The van der Waals surface area contributed by atoms with E-state index in [0.29, 0.717) is 0 Å². The van der Waals surface area contributed by atoms with Crippen molar-refractivity contribution in [1.82, 2.24) is 34.9 Å². The summed E-state index contributed by atoms with van der Waals surface area (Å²) in [5.41, 5.74) is 8.93. The molecule has 0 amide bonds. The first kappa shape index (κ1) is 33.6. The molecule has 0 unspecified atom stereocenters. The van der Waals surface area contributed by atoms with Crippen molar-refractivity contribution in [2.75, 3.05) is 0 Å². The van der Waals surface area contributed by atoms with Crippen LogP contribution in [0.2, 0.25) is 0 Å². The molecule has 6 aromatic heterocycles. The maximum atomic E-state index is 4.72. The number of aryl methyl sites for hydroxylation is 2. The molecule has 0 saturated heterocycles. The van der Waals surface area contributed by atoms with Crippen LogP contribution in [0.1, 0.15) is 44.5 Å². The number of rotatable bonds is 4. The maximum absolute atomic E-state index is 4.72. The summed E-state index contributed by atoms with van der Waals surface area (Å²) in [6.45, 7) is 8.39. The number of unbranched alkanes of at least 4 members (excludes halogenated alkanes) is 2. The minimum absolute atomic E-state index is 0.860. The van der Waals surface area contributed by atoms with E-state index in [0.717, 1.165) is 67.0 Å². The van der Waals surface area contributed by atoms with Crippen molar-refractivity contribution in [3.05, 3.63) is 115 Å². The Morgan fingerprint density at radius 1 is 0.467 bits per heavy atom. The standard InChI is InChI=1S/C16H12N4.C15H11N3.C5H12.ClH.Ru/c1-9-10(2)20-16-12-6-4-8-18-14(12)13-11(15(16)19-9)5-3-7-17-13;1-3-10-16-12(6-1)14-8-5-9-15(18-14)13-7-2-4-11-17-13;1-3-5-4-2;;/h3-8H,1-2H3;1-11H;3-5H2,1-2H3;1H;/q;;;;+1/p-1. The van der Waals surface area contributed by atoms with Gasteiger partial charge in [-0.15, -0.1) is 0 Å². The molecule has 0 aliphatic carbocycles. The zero-order valence-electron chi connectivity index (χ0n) is 25.8. The number of aromatic nitrogens is 7. The van der Waals surface area contributed by atoms with Crippen molar-refractivity contribution < 1.29 is 17.3 Å². The van der Waals surface area contributed by atoms with Gasteiger partial charge >= 0.3 is 27.0 Å².